The number of hydrogen-bond acceptors (Lipinski definition) is 6. The van der Waals surface area contributed by atoms with Gasteiger partial charge in [0.15, 0.2) is 5.13 Å². The van der Waals surface area contributed by atoms with Gasteiger partial charge in [-0.05, 0) is 39.3 Å². The Morgan fingerprint density at radius 3 is 2.81 bits per heavy atom. The second-order valence-corrected chi connectivity index (χ2v) is 6.87. The molecule has 2 aliphatic rings. The third kappa shape index (κ3) is 3.13. The number of aromatic nitrogens is 1. The normalized spacial score (nSPS) is 22.9. The van der Waals surface area contributed by atoms with Crippen molar-refractivity contribution >= 4 is 28.2 Å². The molecular formula is C14H23N5OS. The lowest BCUT2D eigenvalue weighted by atomic mass is 10.2. The highest BCUT2D eigenvalue weighted by Crippen LogP contribution is 2.30. The number of nitrogens with zero attached hydrogens (tertiary/aromatic N) is 3. The molecular weight excluding hydrogens is 286 g/mol. The Morgan fingerprint density at radius 1 is 1.38 bits per heavy atom. The summed E-state index contributed by atoms with van der Waals surface area (Å²) in [6, 6.07) is 0.446. The van der Waals surface area contributed by atoms with E-state index in [9.17, 15) is 4.79 Å². The van der Waals surface area contributed by atoms with E-state index in [4.69, 9.17) is 5.73 Å². The van der Waals surface area contributed by atoms with Crippen LogP contribution in [-0.4, -0.2) is 55.1 Å². The van der Waals surface area contributed by atoms with Crippen LogP contribution in [0.4, 0.5) is 10.9 Å². The highest BCUT2D eigenvalue weighted by atomic mass is 32.1. The van der Waals surface area contributed by atoms with Gasteiger partial charge in [-0.25, -0.2) is 4.98 Å². The molecule has 0 aliphatic carbocycles. The van der Waals surface area contributed by atoms with E-state index in [1.165, 1.54) is 30.6 Å². The third-order valence-corrected chi connectivity index (χ3v) is 5.53. The fourth-order valence-corrected chi connectivity index (χ4v) is 4.01. The number of nitrogen functional groups attached to an aromatic ring is 1. The molecule has 7 heteroatoms. The number of thiazole rings is 1. The van der Waals surface area contributed by atoms with E-state index < -0.39 is 0 Å². The monoisotopic (exact) mass is 309 g/mol. The highest BCUT2D eigenvalue weighted by molar-refractivity contribution is 7.18. The number of carbonyl (C=O) groups excluding carboxylic acids is 1. The van der Waals surface area contributed by atoms with E-state index in [2.05, 4.69) is 27.1 Å². The van der Waals surface area contributed by atoms with Crippen LogP contribution in [0.5, 0.6) is 0 Å². The van der Waals surface area contributed by atoms with Crippen LogP contribution in [0.15, 0.2) is 0 Å². The van der Waals surface area contributed by atoms with Gasteiger partial charge in [0.2, 0.25) is 0 Å². The molecule has 0 saturated carbocycles. The van der Waals surface area contributed by atoms with Crippen molar-refractivity contribution in [1.29, 1.82) is 0 Å². The van der Waals surface area contributed by atoms with Crippen molar-refractivity contribution < 1.29 is 4.79 Å². The molecule has 3 heterocycles. The first-order chi connectivity index (χ1) is 10.1. The Morgan fingerprint density at radius 2 is 2.14 bits per heavy atom. The molecule has 0 bridgehead atoms. The summed E-state index contributed by atoms with van der Waals surface area (Å²) in [6.45, 7) is 3.83. The summed E-state index contributed by atoms with van der Waals surface area (Å²) in [5.41, 5.74) is 5.92. The van der Waals surface area contributed by atoms with Crippen LogP contribution in [0.2, 0.25) is 0 Å². The number of anilines is 2. The lowest BCUT2D eigenvalue weighted by molar-refractivity contribution is 0.0948. The van der Waals surface area contributed by atoms with Crippen molar-refractivity contribution in [1.82, 2.24) is 15.2 Å². The Balaban J connectivity index is 1.61. The number of carbonyl (C=O) groups is 1. The summed E-state index contributed by atoms with van der Waals surface area (Å²) in [5.74, 6) is 0.273. The second-order valence-electron chi connectivity index (χ2n) is 5.89. The first kappa shape index (κ1) is 14.6. The molecule has 21 heavy (non-hydrogen) atoms. The highest BCUT2D eigenvalue weighted by Gasteiger charge is 2.24. The first-order valence-electron chi connectivity index (χ1n) is 7.65. The number of nitrogens with two attached hydrogens (primary N) is 1. The van der Waals surface area contributed by atoms with Crippen molar-refractivity contribution in [3.05, 3.63) is 4.88 Å². The molecule has 1 unspecified atom stereocenters. The predicted molar refractivity (Wildman–Crippen MR) is 86.0 cm³/mol. The predicted octanol–water partition coefficient (Wildman–Crippen LogP) is 1.15. The zero-order valence-electron chi connectivity index (χ0n) is 12.5. The van der Waals surface area contributed by atoms with E-state index in [1.807, 2.05) is 0 Å². The average Bonchev–Trinajstić information content (AvgIpc) is 3.16. The standard InChI is InChI=1S/C14H23N5OS/c1-18-6-4-5-10(18)9-16-13(20)11-12(15)17-14(21-11)19-7-2-3-8-19/h10H,2-9,15H2,1H3,(H,16,20). The van der Waals surface area contributed by atoms with E-state index in [0.717, 1.165) is 31.2 Å². The molecule has 1 aromatic rings. The topological polar surface area (TPSA) is 74.5 Å². The van der Waals surface area contributed by atoms with E-state index in [-0.39, 0.29) is 5.91 Å². The summed E-state index contributed by atoms with van der Waals surface area (Å²) >= 11 is 1.41. The van der Waals surface area contributed by atoms with Gasteiger partial charge < -0.3 is 20.9 Å². The van der Waals surface area contributed by atoms with Gasteiger partial charge in [-0.15, -0.1) is 0 Å². The minimum absolute atomic E-state index is 0.0873. The maximum Gasteiger partial charge on any atom is 0.265 e. The molecule has 3 N–H and O–H groups in total. The van der Waals surface area contributed by atoms with Crippen LogP contribution in [0.25, 0.3) is 0 Å². The van der Waals surface area contributed by atoms with Gasteiger partial charge in [0, 0.05) is 25.7 Å². The second kappa shape index (κ2) is 6.19. The maximum absolute atomic E-state index is 12.3. The summed E-state index contributed by atoms with van der Waals surface area (Å²) in [7, 11) is 2.11. The fraction of sp³-hybridized carbons (Fsp3) is 0.714. The summed E-state index contributed by atoms with van der Waals surface area (Å²) in [5, 5.41) is 3.89. The summed E-state index contributed by atoms with van der Waals surface area (Å²) < 4.78 is 0. The van der Waals surface area contributed by atoms with Gasteiger partial charge in [0.1, 0.15) is 10.7 Å². The Labute approximate surface area is 129 Å². The van der Waals surface area contributed by atoms with Crippen molar-refractivity contribution in [3.8, 4) is 0 Å². The molecule has 2 saturated heterocycles. The van der Waals surface area contributed by atoms with E-state index in [0.29, 0.717) is 23.3 Å². The molecule has 1 aromatic heterocycles. The van der Waals surface area contributed by atoms with Crippen molar-refractivity contribution in [2.45, 2.75) is 31.7 Å². The van der Waals surface area contributed by atoms with Gasteiger partial charge in [0.25, 0.3) is 5.91 Å². The summed E-state index contributed by atoms with van der Waals surface area (Å²) in [6.07, 6.45) is 4.73. The quantitative estimate of drug-likeness (QED) is 0.873. The molecule has 1 amide bonds. The Kier molecular flexibility index (Phi) is 4.30. The van der Waals surface area contributed by atoms with Crippen LogP contribution in [0.3, 0.4) is 0 Å². The SMILES string of the molecule is CN1CCCC1CNC(=O)c1sc(N2CCCC2)nc1N. The molecule has 1 atom stereocenters. The third-order valence-electron chi connectivity index (χ3n) is 4.39. The van der Waals surface area contributed by atoms with E-state index >= 15 is 0 Å². The van der Waals surface area contributed by atoms with Crippen LogP contribution in [0.1, 0.15) is 35.4 Å². The Bertz CT molecular complexity index is 511. The number of hydrogen-bond donors (Lipinski definition) is 2. The van der Waals surface area contributed by atoms with Gasteiger partial charge >= 0.3 is 0 Å². The molecule has 6 nitrogen and oxygen atoms in total. The average molecular weight is 309 g/mol. The van der Waals surface area contributed by atoms with Crippen molar-refractivity contribution in [2.24, 2.45) is 0 Å². The molecule has 116 valence electrons. The molecule has 0 spiro atoms. The number of likely N-dealkylation sites (N-methyl/N-ethyl adjacent to an activating group) is 1. The van der Waals surface area contributed by atoms with Crippen LogP contribution in [0, 0.1) is 0 Å². The number of nitrogens with one attached hydrogen (secondary N) is 1. The van der Waals surface area contributed by atoms with Crippen molar-refractivity contribution in [2.75, 3.05) is 43.9 Å². The number of amides is 1. The molecule has 2 fully saturated rings. The van der Waals surface area contributed by atoms with E-state index in [1.54, 1.807) is 0 Å². The molecule has 0 aromatic carbocycles. The summed E-state index contributed by atoms with van der Waals surface area (Å²) in [4.78, 5) is 21.7. The van der Waals surface area contributed by atoms with Gasteiger partial charge in [-0.3, -0.25) is 4.79 Å². The number of rotatable bonds is 4. The largest absolute Gasteiger partial charge is 0.382 e. The van der Waals surface area contributed by atoms with Crippen LogP contribution < -0.4 is 16.0 Å². The van der Waals surface area contributed by atoms with Gasteiger partial charge in [-0.2, -0.15) is 0 Å². The first-order valence-corrected chi connectivity index (χ1v) is 8.46. The lowest BCUT2D eigenvalue weighted by Crippen LogP contribution is -2.38. The molecule has 0 radical (unpaired) electrons. The fourth-order valence-electron chi connectivity index (χ4n) is 3.05. The zero-order valence-corrected chi connectivity index (χ0v) is 13.3. The molecule has 3 rings (SSSR count). The smallest absolute Gasteiger partial charge is 0.265 e. The van der Waals surface area contributed by atoms with Gasteiger partial charge in [0.05, 0.1) is 0 Å². The minimum Gasteiger partial charge on any atom is -0.382 e. The minimum atomic E-state index is -0.0873. The molecule has 2 aliphatic heterocycles. The maximum atomic E-state index is 12.3. The van der Waals surface area contributed by atoms with Crippen LogP contribution in [-0.2, 0) is 0 Å². The van der Waals surface area contributed by atoms with Crippen LogP contribution >= 0.6 is 11.3 Å². The Hall–Kier alpha value is -1.34. The van der Waals surface area contributed by atoms with Gasteiger partial charge in [-0.1, -0.05) is 11.3 Å². The number of likely N-dealkylation sites (tertiary alicyclic amines) is 1. The zero-order chi connectivity index (χ0) is 14.8. The lowest BCUT2D eigenvalue weighted by Gasteiger charge is -2.19. The van der Waals surface area contributed by atoms with Crippen molar-refractivity contribution in [3.63, 3.8) is 0 Å².